The Labute approximate surface area is 174 Å². The Morgan fingerprint density at radius 2 is 1.90 bits per heavy atom. The van der Waals surface area contributed by atoms with Crippen LogP contribution < -0.4 is 5.32 Å². The van der Waals surface area contributed by atoms with Crippen molar-refractivity contribution < 1.29 is 14.0 Å². The minimum Gasteiger partial charge on any atom is -0.467 e. The fourth-order valence-corrected chi connectivity index (χ4v) is 4.49. The lowest BCUT2D eigenvalue weighted by Crippen LogP contribution is -2.27. The number of carbonyl (C=O) groups excluding carboxylic acids is 2. The van der Waals surface area contributed by atoms with Gasteiger partial charge in [-0.3, -0.25) is 9.59 Å². The van der Waals surface area contributed by atoms with E-state index in [1.165, 1.54) is 5.56 Å². The normalized spacial score (nSPS) is 16.2. The summed E-state index contributed by atoms with van der Waals surface area (Å²) in [5.74, 6) is 1.15. The molecule has 0 unspecified atom stereocenters. The molecule has 5 nitrogen and oxygen atoms in total. The molecule has 1 atom stereocenters. The van der Waals surface area contributed by atoms with Gasteiger partial charge in [0.15, 0.2) is 0 Å². The Hall–Kier alpha value is -2.99. The van der Waals surface area contributed by atoms with Crippen LogP contribution in [0.15, 0.2) is 71.3 Å². The molecular weight excluding hydrogens is 384 g/mol. The van der Waals surface area contributed by atoms with Gasteiger partial charge < -0.3 is 14.6 Å². The van der Waals surface area contributed by atoms with Crippen LogP contribution in [0, 0.1) is 0 Å². The highest BCUT2D eigenvalue weighted by molar-refractivity contribution is 8.00. The second-order valence-corrected chi connectivity index (χ2v) is 7.96. The lowest BCUT2D eigenvalue weighted by atomic mass is 10.1. The van der Waals surface area contributed by atoms with E-state index in [-0.39, 0.29) is 17.2 Å². The molecule has 2 heterocycles. The van der Waals surface area contributed by atoms with Gasteiger partial charge in [0.1, 0.15) is 11.1 Å². The summed E-state index contributed by atoms with van der Waals surface area (Å²) in [4.78, 5) is 26.7. The van der Waals surface area contributed by atoms with Crippen molar-refractivity contribution in [2.75, 3.05) is 11.1 Å². The minimum absolute atomic E-state index is 0.0775. The van der Waals surface area contributed by atoms with Crippen molar-refractivity contribution in [1.29, 1.82) is 0 Å². The largest absolute Gasteiger partial charge is 0.467 e. The van der Waals surface area contributed by atoms with Crippen LogP contribution in [0.25, 0.3) is 0 Å². The van der Waals surface area contributed by atoms with Gasteiger partial charge in [0, 0.05) is 11.3 Å². The molecular formula is C23H22N2O3S. The van der Waals surface area contributed by atoms with E-state index >= 15 is 0 Å². The summed E-state index contributed by atoms with van der Waals surface area (Å²) in [6, 6.07) is 19.0. The molecule has 1 N–H and O–H groups in total. The first-order valence-corrected chi connectivity index (χ1v) is 10.6. The Balaban J connectivity index is 1.45. The molecule has 4 rings (SSSR count). The average molecular weight is 407 g/mol. The summed E-state index contributed by atoms with van der Waals surface area (Å²) in [5, 5.41) is 2.85. The van der Waals surface area contributed by atoms with Gasteiger partial charge in [-0.05, 0) is 53.9 Å². The number of nitrogens with one attached hydrogen (secondary N) is 1. The molecule has 1 fully saturated rings. The maximum Gasteiger partial charge on any atom is 0.255 e. The van der Waals surface area contributed by atoms with Crippen molar-refractivity contribution in [3.05, 3.63) is 89.4 Å². The number of hydrogen-bond donors (Lipinski definition) is 1. The molecule has 1 saturated heterocycles. The smallest absolute Gasteiger partial charge is 0.255 e. The third kappa shape index (κ3) is 4.38. The van der Waals surface area contributed by atoms with E-state index in [0.29, 0.717) is 17.9 Å². The van der Waals surface area contributed by atoms with E-state index in [1.807, 2.05) is 53.4 Å². The number of thioether (sulfide) groups is 1. The van der Waals surface area contributed by atoms with Crippen molar-refractivity contribution in [3.63, 3.8) is 0 Å². The van der Waals surface area contributed by atoms with Crippen molar-refractivity contribution >= 4 is 29.3 Å². The molecule has 148 valence electrons. The van der Waals surface area contributed by atoms with Crippen LogP contribution in [0.2, 0.25) is 0 Å². The molecule has 29 heavy (non-hydrogen) atoms. The number of rotatable bonds is 6. The number of furan rings is 1. The first kappa shape index (κ1) is 19.3. The van der Waals surface area contributed by atoms with Gasteiger partial charge >= 0.3 is 0 Å². The quantitative estimate of drug-likeness (QED) is 0.634. The average Bonchev–Trinajstić information content (AvgIpc) is 3.39. The first-order valence-electron chi connectivity index (χ1n) is 9.58. The van der Waals surface area contributed by atoms with Crippen LogP contribution >= 0.6 is 11.8 Å². The van der Waals surface area contributed by atoms with Crippen LogP contribution in [0.1, 0.15) is 39.5 Å². The standard InChI is InChI=1S/C23H22N2O3S/c1-2-16-5-11-19(12-6-16)24-22(27)17-7-9-18(10-8-17)23-25(21(26)15-29-23)14-20-4-3-13-28-20/h3-13,23H,2,14-15H2,1H3,(H,24,27)/t23-/m0/s1. The zero-order chi connectivity index (χ0) is 20.2. The first-order chi connectivity index (χ1) is 14.1. The van der Waals surface area contributed by atoms with Gasteiger partial charge in [0.2, 0.25) is 5.91 Å². The van der Waals surface area contributed by atoms with Crippen molar-refractivity contribution in [3.8, 4) is 0 Å². The fourth-order valence-electron chi connectivity index (χ4n) is 3.30. The number of hydrogen-bond acceptors (Lipinski definition) is 4. The monoisotopic (exact) mass is 406 g/mol. The molecule has 6 heteroatoms. The van der Waals surface area contributed by atoms with Crippen molar-refractivity contribution in [1.82, 2.24) is 4.90 Å². The molecule has 1 aliphatic heterocycles. The number of aryl methyl sites for hydroxylation is 1. The maximum atomic E-state index is 12.5. The molecule has 2 aromatic carbocycles. The van der Waals surface area contributed by atoms with Gasteiger partial charge in [-0.15, -0.1) is 11.8 Å². The zero-order valence-corrected chi connectivity index (χ0v) is 16.9. The molecule has 1 aromatic heterocycles. The van der Waals surface area contributed by atoms with Crippen molar-refractivity contribution in [2.45, 2.75) is 25.3 Å². The molecule has 0 bridgehead atoms. The van der Waals surface area contributed by atoms with Crippen LogP contribution in [-0.2, 0) is 17.8 Å². The second kappa shape index (κ2) is 8.57. The van der Waals surface area contributed by atoms with E-state index in [0.717, 1.165) is 23.4 Å². The van der Waals surface area contributed by atoms with Crippen LogP contribution in [0.3, 0.4) is 0 Å². The van der Waals surface area contributed by atoms with Gasteiger partial charge in [-0.25, -0.2) is 0 Å². The second-order valence-electron chi connectivity index (χ2n) is 6.89. The number of nitrogens with zero attached hydrogens (tertiary/aromatic N) is 1. The van der Waals surface area contributed by atoms with Crippen LogP contribution in [0.5, 0.6) is 0 Å². The van der Waals surface area contributed by atoms with Gasteiger partial charge in [0.05, 0.1) is 18.6 Å². The number of benzene rings is 2. The summed E-state index contributed by atoms with van der Waals surface area (Å²) >= 11 is 1.59. The van der Waals surface area contributed by atoms with E-state index in [2.05, 4.69) is 12.2 Å². The highest BCUT2D eigenvalue weighted by Crippen LogP contribution is 2.39. The predicted molar refractivity (Wildman–Crippen MR) is 115 cm³/mol. The molecule has 0 radical (unpaired) electrons. The predicted octanol–water partition coefficient (Wildman–Crippen LogP) is 4.87. The molecule has 3 aromatic rings. The van der Waals surface area contributed by atoms with Crippen LogP contribution in [0.4, 0.5) is 5.69 Å². The summed E-state index contributed by atoms with van der Waals surface area (Å²) in [6.07, 6.45) is 2.58. The van der Waals surface area contributed by atoms with Crippen LogP contribution in [-0.4, -0.2) is 22.5 Å². The Bertz CT molecular complexity index is 982. The summed E-state index contributed by atoms with van der Waals surface area (Å²) in [5.41, 5.74) is 3.59. The van der Waals surface area contributed by atoms with E-state index in [1.54, 1.807) is 30.2 Å². The van der Waals surface area contributed by atoms with Gasteiger partial charge in [-0.2, -0.15) is 0 Å². The van der Waals surface area contributed by atoms with E-state index in [4.69, 9.17) is 4.42 Å². The maximum absolute atomic E-state index is 12.5. The SMILES string of the molecule is CCc1ccc(NC(=O)c2ccc([C@@H]3SCC(=O)N3Cc3ccco3)cc2)cc1. The third-order valence-electron chi connectivity index (χ3n) is 4.95. The Morgan fingerprint density at radius 1 is 1.14 bits per heavy atom. The number of carbonyl (C=O) groups is 2. The van der Waals surface area contributed by atoms with Gasteiger partial charge in [0.25, 0.3) is 5.91 Å². The topological polar surface area (TPSA) is 62.6 Å². The van der Waals surface area contributed by atoms with E-state index in [9.17, 15) is 9.59 Å². The van der Waals surface area contributed by atoms with E-state index < -0.39 is 0 Å². The van der Waals surface area contributed by atoms with Gasteiger partial charge in [-0.1, -0.05) is 31.2 Å². The summed E-state index contributed by atoms with van der Waals surface area (Å²) < 4.78 is 5.39. The Morgan fingerprint density at radius 3 is 2.55 bits per heavy atom. The molecule has 2 amide bonds. The molecule has 0 aliphatic carbocycles. The Kier molecular flexibility index (Phi) is 5.71. The lowest BCUT2D eigenvalue weighted by Gasteiger charge is -2.23. The fraction of sp³-hybridized carbons (Fsp3) is 0.217. The lowest BCUT2D eigenvalue weighted by molar-refractivity contribution is -0.128. The summed E-state index contributed by atoms with van der Waals surface area (Å²) in [6.45, 7) is 2.54. The number of amides is 2. The highest BCUT2D eigenvalue weighted by Gasteiger charge is 2.33. The minimum atomic E-state index is -0.150. The third-order valence-corrected chi connectivity index (χ3v) is 6.21. The zero-order valence-electron chi connectivity index (χ0n) is 16.1. The highest BCUT2D eigenvalue weighted by atomic mass is 32.2. The number of anilines is 1. The molecule has 1 aliphatic rings. The molecule has 0 spiro atoms. The molecule has 0 saturated carbocycles. The summed E-state index contributed by atoms with van der Waals surface area (Å²) in [7, 11) is 0. The van der Waals surface area contributed by atoms with Crippen molar-refractivity contribution in [2.24, 2.45) is 0 Å².